The maximum atomic E-state index is 5.74. The molecule has 1 aromatic heterocycles. The number of oxazole rings is 1. The molecule has 100 valence electrons. The lowest BCUT2D eigenvalue weighted by Crippen LogP contribution is -2.04. The van der Waals surface area contributed by atoms with Crippen molar-refractivity contribution in [3.8, 4) is 22.8 Å². The van der Waals surface area contributed by atoms with Gasteiger partial charge in [-0.2, -0.15) is 0 Å². The normalized spacial score (nSPS) is 15.9. The Morgan fingerprint density at radius 1 is 1.21 bits per heavy atom. The van der Waals surface area contributed by atoms with Crippen molar-refractivity contribution in [2.24, 2.45) is 5.73 Å². The van der Waals surface area contributed by atoms with Crippen molar-refractivity contribution in [2.75, 3.05) is 13.2 Å². The third kappa shape index (κ3) is 2.42. The highest BCUT2D eigenvalue weighted by Crippen LogP contribution is 2.34. The molecule has 5 nitrogen and oxygen atoms in total. The molecule has 1 atom stereocenters. The molecule has 0 spiro atoms. The molecule has 0 amide bonds. The first kappa shape index (κ1) is 12.0. The van der Waals surface area contributed by atoms with Gasteiger partial charge in [-0.25, -0.2) is 4.98 Å². The van der Waals surface area contributed by atoms with E-state index in [-0.39, 0.29) is 6.04 Å². The Morgan fingerprint density at radius 3 is 2.74 bits per heavy atom. The second kappa shape index (κ2) is 4.93. The van der Waals surface area contributed by atoms with Gasteiger partial charge >= 0.3 is 0 Å². The monoisotopic (exact) mass is 260 g/mol. The first-order valence-corrected chi connectivity index (χ1v) is 6.35. The topological polar surface area (TPSA) is 70.5 Å². The summed E-state index contributed by atoms with van der Waals surface area (Å²) in [5, 5.41) is 0. The van der Waals surface area contributed by atoms with Crippen LogP contribution in [-0.2, 0) is 0 Å². The molecular weight excluding hydrogens is 244 g/mol. The van der Waals surface area contributed by atoms with Gasteiger partial charge in [-0.3, -0.25) is 0 Å². The van der Waals surface area contributed by atoms with E-state index in [4.69, 9.17) is 19.6 Å². The van der Waals surface area contributed by atoms with Crippen molar-refractivity contribution in [3.63, 3.8) is 0 Å². The highest BCUT2D eigenvalue weighted by Gasteiger charge is 2.14. The summed E-state index contributed by atoms with van der Waals surface area (Å²) in [6, 6.07) is 5.52. The van der Waals surface area contributed by atoms with E-state index in [1.165, 1.54) is 0 Å². The zero-order valence-electron chi connectivity index (χ0n) is 10.8. The fourth-order valence-corrected chi connectivity index (χ4v) is 1.95. The van der Waals surface area contributed by atoms with Crippen LogP contribution in [0.4, 0.5) is 0 Å². The van der Waals surface area contributed by atoms with Gasteiger partial charge in [0, 0.05) is 12.0 Å². The smallest absolute Gasteiger partial charge is 0.211 e. The lowest BCUT2D eigenvalue weighted by atomic mass is 10.1. The fourth-order valence-electron chi connectivity index (χ4n) is 1.95. The van der Waals surface area contributed by atoms with E-state index in [2.05, 4.69) is 4.98 Å². The molecule has 0 bridgehead atoms. The molecule has 0 saturated carbocycles. The molecule has 5 heteroatoms. The zero-order chi connectivity index (χ0) is 13.2. The minimum atomic E-state index is -0.214. The molecule has 3 rings (SSSR count). The Bertz CT molecular complexity index is 578. The number of fused-ring (bicyclic) bond motifs is 1. The Balaban J connectivity index is 1.94. The Labute approximate surface area is 111 Å². The van der Waals surface area contributed by atoms with Crippen LogP contribution in [0.5, 0.6) is 11.5 Å². The minimum absolute atomic E-state index is 0.214. The summed E-state index contributed by atoms with van der Waals surface area (Å²) < 4.78 is 16.9. The first-order valence-electron chi connectivity index (χ1n) is 6.35. The lowest BCUT2D eigenvalue weighted by molar-refractivity contribution is 0.297. The predicted octanol–water partition coefficient (Wildman–Crippen LogP) is 2.52. The van der Waals surface area contributed by atoms with E-state index in [1.54, 1.807) is 6.20 Å². The van der Waals surface area contributed by atoms with Crippen LogP contribution >= 0.6 is 0 Å². The van der Waals surface area contributed by atoms with Crippen molar-refractivity contribution >= 4 is 0 Å². The average Bonchev–Trinajstić information content (AvgIpc) is 2.78. The predicted molar refractivity (Wildman–Crippen MR) is 70.1 cm³/mol. The van der Waals surface area contributed by atoms with Crippen molar-refractivity contribution in [1.29, 1.82) is 0 Å². The van der Waals surface area contributed by atoms with Crippen molar-refractivity contribution in [2.45, 2.75) is 19.4 Å². The lowest BCUT2D eigenvalue weighted by Gasteiger charge is -2.07. The molecule has 19 heavy (non-hydrogen) atoms. The number of nitrogens with two attached hydrogens (primary N) is 1. The number of benzene rings is 1. The van der Waals surface area contributed by atoms with Crippen LogP contribution in [0.2, 0.25) is 0 Å². The van der Waals surface area contributed by atoms with Gasteiger partial charge in [0.15, 0.2) is 17.3 Å². The molecule has 2 heterocycles. The third-order valence-corrected chi connectivity index (χ3v) is 2.95. The number of rotatable bonds is 2. The molecule has 1 aromatic carbocycles. The molecule has 2 N–H and O–H groups in total. The van der Waals surface area contributed by atoms with Crippen LogP contribution in [0, 0.1) is 0 Å². The summed E-state index contributed by atoms with van der Waals surface area (Å²) in [5.41, 5.74) is 6.64. The van der Waals surface area contributed by atoms with E-state index in [9.17, 15) is 0 Å². The molecule has 0 fully saturated rings. The van der Waals surface area contributed by atoms with Crippen molar-refractivity contribution in [1.82, 2.24) is 4.98 Å². The Morgan fingerprint density at radius 2 is 2.00 bits per heavy atom. The van der Waals surface area contributed by atoms with Crippen LogP contribution in [0.25, 0.3) is 11.3 Å². The second-order valence-electron chi connectivity index (χ2n) is 4.56. The van der Waals surface area contributed by atoms with Gasteiger partial charge in [0.05, 0.1) is 25.5 Å². The highest BCUT2D eigenvalue weighted by atomic mass is 16.5. The molecule has 1 unspecified atom stereocenters. The summed E-state index contributed by atoms with van der Waals surface area (Å²) in [4.78, 5) is 4.16. The standard InChI is InChI=1S/C14H16N2O3/c1-9(15)14-16-8-13(19-14)10-3-4-11-12(7-10)18-6-2-5-17-11/h3-4,7-9H,2,5-6,15H2,1H3. The van der Waals surface area contributed by atoms with Gasteiger partial charge in [0.2, 0.25) is 5.89 Å². The molecule has 0 aliphatic carbocycles. The van der Waals surface area contributed by atoms with E-state index in [0.29, 0.717) is 24.9 Å². The molecule has 1 aliphatic heterocycles. The summed E-state index contributed by atoms with van der Waals surface area (Å²) in [7, 11) is 0. The first-order chi connectivity index (χ1) is 9.24. The Kier molecular flexibility index (Phi) is 3.13. The highest BCUT2D eigenvalue weighted by molar-refractivity contribution is 5.62. The number of nitrogens with zero attached hydrogens (tertiary/aromatic N) is 1. The van der Waals surface area contributed by atoms with Crippen LogP contribution in [0.3, 0.4) is 0 Å². The molecule has 0 saturated heterocycles. The van der Waals surface area contributed by atoms with Gasteiger partial charge in [-0.15, -0.1) is 0 Å². The summed E-state index contributed by atoms with van der Waals surface area (Å²) in [6.45, 7) is 3.19. The van der Waals surface area contributed by atoms with E-state index >= 15 is 0 Å². The van der Waals surface area contributed by atoms with Crippen molar-refractivity contribution in [3.05, 3.63) is 30.3 Å². The SMILES string of the molecule is CC(N)c1ncc(-c2ccc3c(c2)OCCCO3)o1. The van der Waals surface area contributed by atoms with Gasteiger partial charge in [0.25, 0.3) is 0 Å². The zero-order valence-corrected chi connectivity index (χ0v) is 10.8. The third-order valence-electron chi connectivity index (χ3n) is 2.95. The number of aromatic nitrogens is 1. The second-order valence-corrected chi connectivity index (χ2v) is 4.56. The number of hydrogen-bond acceptors (Lipinski definition) is 5. The van der Waals surface area contributed by atoms with Gasteiger partial charge < -0.3 is 19.6 Å². The number of ether oxygens (including phenoxy) is 2. The van der Waals surface area contributed by atoms with E-state index < -0.39 is 0 Å². The van der Waals surface area contributed by atoms with Gasteiger partial charge in [-0.05, 0) is 25.1 Å². The maximum Gasteiger partial charge on any atom is 0.211 e. The van der Waals surface area contributed by atoms with Crippen LogP contribution in [-0.4, -0.2) is 18.2 Å². The quantitative estimate of drug-likeness (QED) is 0.898. The van der Waals surface area contributed by atoms with E-state index in [0.717, 1.165) is 23.5 Å². The largest absolute Gasteiger partial charge is 0.490 e. The number of hydrogen-bond donors (Lipinski definition) is 1. The summed E-state index contributed by atoms with van der Waals surface area (Å²) in [5.74, 6) is 2.73. The average molecular weight is 260 g/mol. The van der Waals surface area contributed by atoms with Crippen LogP contribution in [0.15, 0.2) is 28.8 Å². The van der Waals surface area contributed by atoms with Gasteiger partial charge in [-0.1, -0.05) is 0 Å². The molecule has 2 aromatic rings. The fraction of sp³-hybridized carbons (Fsp3) is 0.357. The maximum absolute atomic E-state index is 5.74. The minimum Gasteiger partial charge on any atom is -0.490 e. The van der Waals surface area contributed by atoms with Crippen LogP contribution < -0.4 is 15.2 Å². The molecule has 1 aliphatic rings. The van der Waals surface area contributed by atoms with E-state index in [1.807, 2.05) is 25.1 Å². The van der Waals surface area contributed by atoms with Crippen molar-refractivity contribution < 1.29 is 13.9 Å². The van der Waals surface area contributed by atoms with Crippen LogP contribution in [0.1, 0.15) is 25.3 Å². The molecule has 0 radical (unpaired) electrons. The van der Waals surface area contributed by atoms with Gasteiger partial charge in [0.1, 0.15) is 0 Å². The molecular formula is C14H16N2O3. The summed E-state index contributed by atoms with van der Waals surface area (Å²) >= 11 is 0. The summed E-state index contributed by atoms with van der Waals surface area (Å²) in [6.07, 6.45) is 2.57. The Hall–Kier alpha value is -2.01.